The van der Waals surface area contributed by atoms with E-state index in [1.54, 1.807) is 23.1 Å². The Labute approximate surface area is 174 Å². The lowest BCUT2D eigenvalue weighted by Gasteiger charge is -2.34. The Morgan fingerprint density at radius 1 is 1.03 bits per heavy atom. The third kappa shape index (κ3) is 4.46. The second kappa shape index (κ2) is 8.31. The second-order valence-electron chi connectivity index (χ2n) is 7.17. The van der Waals surface area contributed by atoms with Crippen LogP contribution in [0.3, 0.4) is 0 Å². The molecule has 7 nitrogen and oxygen atoms in total. The highest BCUT2D eigenvalue weighted by molar-refractivity contribution is 6.39. The first-order valence-electron chi connectivity index (χ1n) is 9.47. The van der Waals surface area contributed by atoms with Gasteiger partial charge in [-0.3, -0.25) is 14.5 Å². The monoisotopic (exact) mass is 415 g/mol. The number of rotatable bonds is 3. The number of hydrogen-bond donors (Lipinski definition) is 1. The van der Waals surface area contributed by atoms with Gasteiger partial charge in [0.15, 0.2) is 11.5 Å². The van der Waals surface area contributed by atoms with Crippen molar-refractivity contribution in [1.29, 1.82) is 0 Å². The number of fused-ring (bicyclic) bond motifs is 1. The van der Waals surface area contributed by atoms with Gasteiger partial charge in [-0.2, -0.15) is 0 Å². The molecule has 29 heavy (non-hydrogen) atoms. The van der Waals surface area contributed by atoms with E-state index >= 15 is 0 Å². The molecule has 0 aliphatic carbocycles. The van der Waals surface area contributed by atoms with Crippen LogP contribution in [0.1, 0.15) is 11.1 Å². The van der Waals surface area contributed by atoms with Crippen molar-refractivity contribution in [3.05, 3.63) is 52.5 Å². The molecule has 0 saturated carbocycles. The van der Waals surface area contributed by atoms with Crippen molar-refractivity contribution < 1.29 is 19.1 Å². The average Bonchev–Trinajstić information content (AvgIpc) is 3.18. The molecule has 2 aliphatic rings. The van der Waals surface area contributed by atoms with Crippen LogP contribution in [0, 0.1) is 6.92 Å². The van der Waals surface area contributed by atoms with Gasteiger partial charge in [0.25, 0.3) is 0 Å². The number of carbonyl (C=O) groups excluding carboxylic acids is 2. The zero-order chi connectivity index (χ0) is 20.4. The van der Waals surface area contributed by atoms with E-state index in [2.05, 4.69) is 10.2 Å². The molecule has 0 radical (unpaired) electrons. The number of anilines is 1. The molecular formula is C21H22ClN3O4. The molecule has 2 amide bonds. The highest BCUT2D eigenvalue weighted by Gasteiger charge is 2.26. The third-order valence-electron chi connectivity index (χ3n) is 5.13. The van der Waals surface area contributed by atoms with Crippen LogP contribution in [0.15, 0.2) is 36.4 Å². The van der Waals surface area contributed by atoms with Crippen molar-refractivity contribution in [2.24, 2.45) is 0 Å². The molecule has 2 aliphatic heterocycles. The number of benzene rings is 2. The van der Waals surface area contributed by atoms with E-state index in [1.165, 1.54) is 0 Å². The first-order valence-corrected chi connectivity index (χ1v) is 9.85. The van der Waals surface area contributed by atoms with Crippen LogP contribution < -0.4 is 14.8 Å². The summed E-state index contributed by atoms with van der Waals surface area (Å²) in [5.41, 5.74) is 2.55. The smallest absolute Gasteiger partial charge is 0.313 e. The lowest BCUT2D eigenvalue weighted by Crippen LogP contribution is -2.51. The van der Waals surface area contributed by atoms with E-state index in [-0.39, 0.29) is 6.79 Å². The van der Waals surface area contributed by atoms with Gasteiger partial charge in [-0.15, -0.1) is 0 Å². The van der Waals surface area contributed by atoms with E-state index < -0.39 is 11.8 Å². The molecule has 152 valence electrons. The Balaban J connectivity index is 1.28. The minimum absolute atomic E-state index is 0.260. The summed E-state index contributed by atoms with van der Waals surface area (Å²) in [5.74, 6) is 0.368. The molecular weight excluding hydrogens is 394 g/mol. The maximum Gasteiger partial charge on any atom is 0.313 e. The molecule has 2 heterocycles. The lowest BCUT2D eigenvalue weighted by molar-refractivity contribution is -0.144. The van der Waals surface area contributed by atoms with Crippen molar-refractivity contribution in [1.82, 2.24) is 9.80 Å². The van der Waals surface area contributed by atoms with Gasteiger partial charge in [0.2, 0.25) is 6.79 Å². The van der Waals surface area contributed by atoms with Crippen molar-refractivity contribution in [2.45, 2.75) is 13.5 Å². The quantitative estimate of drug-likeness (QED) is 0.780. The van der Waals surface area contributed by atoms with Crippen LogP contribution >= 0.6 is 11.6 Å². The standard InChI is InChI=1S/C21H22ClN3O4/c1-14-2-4-16(11-17(14)22)23-20(26)21(27)25-8-6-24(7-9-25)12-15-3-5-18-19(10-15)29-13-28-18/h2-5,10-11H,6-9,12-13H2,1H3,(H,23,26). The molecule has 0 bridgehead atoms. The molecule has 4 rings (SSSR count). The van der Waals surface area contributed by atoms with Gasteiger partial charge in [-0.25, -0.2) is 0 Å². The maximum atomic E-state index is 12.5. The Bertz CT molecular complexity index is 942. The van der Waals surface area contributed by atoms with Gasteiger partial charge in [-0.05, 0) is 42.3 Å². The van der Waals surface area contributed by atoms with E-state index in [0.717, 1.165) is 29.2 Å². The minimum Gasteiger partial charge on any atom is -0.454 e. The van der Waals surface area contributed by atoms with Crippen LogP contribution in [0.25, 0.3) is 0 Å². The predicted molar refractivity (Wildman–Crippen MR) is 109 cm³/mol. The zero-order valence-electron chi connectivity index (χ0n) is 16.1. The van der Waals surface area contributed by atoms with E-state index in [9.17, 15) is 9.59 Å². The Hall–Kier alpha value is -2.77. The number of piperazine rings is 1. The topological polar surface area (TPSA) is 71.1 Å². The predicted octanol–water partition coefficient (Wildman–Crippen LogP) is 2.66. The molecule has 1 N–H and O–H groups in total. The third-order valence-corrected chi connectivity index (χ3v) is 5.53. The number of carbonyl (C=O) groups is 2. The number of nitrogens with one attached hydrogen (secondary N) is 1. The molecule has 8 heteroatoms. The molecule has 0 aromatic heterocycles. The van der Waals surface area contributed by atoms with Gasteiger partial charge in [0.05, 0.1) is 0 Å². The highest BCUT2D eigenvalue weighted by atomic mass is 35.5. The summed E-state index contributed by atoms with van der Waals surface area (Å²) in [7, 11) is 0. The van der Waals surface area contributed by atoms with Gasteiger partial charge in [0.1, 0.15) is 0 Å². The number of nitrogens with zero attached hydrogens (tertiary/aromatic N) is 2. The number of halogens is 1. The van der Waals surface area contributed by atoms with Crippen LogP contribution in [0.2, 0.25) is 5.02 Å². The van der Waals surface area contributed by atoms with Gasteiger partial charge in [-0.1, -0.05) is 23.7 Å². The van der Waals surface area contributed by atoms with Crippen LogP contribution in [0.4, 0.5) is 5.69 Å². The molecule has 0 atom stereocenters. The van der Waals surface area contributed by atoms with Crippen LogP contribution in [-0.2, 0) is 16.1 Å². The summed E-state index contributed by atoms with van der Waals surface area (Å²) in [4.78, 5) is 28.6. The van der Waals surface area contributed by atoms with Crippen LogP contribution in [-0.4, -0.2) is 54.6 Å². The van der Waals surface area contributed by atoms with Crippen LogP contribution in [0.5, 0.6) is 11.5 Å². The summed E-state index contributed by atoms with van der Waals surface area (Å²) in [6, 6.07) is 11.1. The Kier molecular flexibility index (Phi) is 5.60. The first kappa shape index (κ1) is 19.5. The van der Waals surface area contributed by atoms with Crippen molar-refractivity contribution in [3.8, 4) is 11.5 Å². The number of amides is 2. The Morgan fingerprint density at radius 3 is 2.55 bits per heavy atom. The fourth-order valence-electron chi connectivity index (χ4n) is 3.41. The minimum atomic E-state index is -0.644. The molecule has 1 saturated heterocycles. The maximum absolute atomic E-state index is 12.5. The number of aryl methyl sites for hydroxylation is 1. The summed E-state index contributed by atoms with van der Waals surface area (Å²) in [6.45, 7) is 5.30. The fraction of sp³-hybridized carbons (Fsp3) is 0.333. The summed E-state index contributed by atoms with van der Waals surface area (Å²) in [5, 5.41) is 3.18. The first-order chi connectivity index (χ1) is 14.0. The molecule has 1 fully saturated rings. The Morgan fingerprint density at radius 2 is 1.79 bits per heavy atom. The summed E-state index contributed by atoms with van der Waals surface area (Å²) < 4.78 is 10.8. The molecule has 2 aromatic rings. The van der Waals surface area contributed by atoms with Crippen molar-refractivity contribution in [3.63, 3.8) is 0 Å². The van der Waals surface area contributed by atoms with Crippen molar-refractivity contribution >= 4 is 29.1 Å². The molecule has 0 spiro atoms. The van der Waals surface area contributed by atoms with Crippen molar-refractivity contribution in [2.75, 3.05) is 38.3 Å². The van der Waals surface area contributed by atoms with Gasteiger partial charge < -0.3 is 19.7 Å². The average molecular weight is 416 g/mol. The zero-order valence-corrected chi connectivity index (χ0v) is 16.9. The fourth-order valence-corrected chi connectivity index (χ4v) is 3.59. The van der Waals surface area contributed by atoms with Gasteiger partial charge in [0, 0.05) is 43.4 Å². The van der Waals surface area contributed by atoms with E-state index in [4.69, 9.17) is 21.1 Å². The number of hydrogen-bond acceptors (Lipinski definition) is 5. The molecule has 2 aromatic carbocycles. The van der Waals surface area contributed by atoms with E-state index in [0.29, 0.717) is 36.9 Å². The second-order valence-corrected chi connectivity index (χ2v) is 7.58. The summed E-state index contributed by atoms with van der Waals surface area (Å²) in [6.07, 6.45) is 0. The normalized spacial score (nSPS) is 16.0. The number of ether oxygens (including phenoxy) is 2. The van der Waals surface area contributed by atoms with Gasteiger partial charge >= 0.3 is 11.8 Å². The molecule has 0 unspecified atom stereocenters. The highest BCUT2D eigenvalue weighted by Crippen LogP contribution is 2.32. The SMILES string of the molecule is Cc1ccc(NC(=O)C(=O)N2CCN(Cc3ccc4c(c3)OCO4)CC2)cc1Cl. The van der Waals surface area contributed by atoms with E-state index in [1.807, 2.05) is 25.1 Å². The summed E-state index contributed by atoms with van der Waals surface area (Å²) >= 11 is 6.07. The lowest BCUT2D eigenvalue weighted by atomic mass is 10.1. The largest absolute Gasteiger partial charge is 0.454 e.